The Balaban J connectivity index is 2.19. The van der Waals surface area contributed by atoms with E-state index >= 15 is 0 Å². The van der Waals surface area contributed by atoms with E-state index in [1.54, 1.807) is 54.6 Å². The maximum Gasteiger partial charge on any atom is 0.360 e. The van der Waals surface area contributed by atoms with E-state index in [-0.39, 0.29) is 12.2 Å². The highest BCUT2D eigenvalue weighted by molar-refractivity contribution is 5.91. The molecule has 4 heteroatoms. The maximum atomic E-state index is 11.9. The summed E-state index contributed by atoms with van der Waals surface area (Å²) < 4.78 is 5.20. The Morgan fingerprint density at radius 3 is 2.21 bits per heavy atom. The molecule has 0 fully saturated rings. The molecule has 0 aliphatic heterocycles. The molecule has 0 unspecified atom stereocenters. The molecule has 0 bridgehead atoms. The first kappa shape index (κ1) is 12.8. The molecule has 0 spiro atoms. The summed E-state index contributed by atoms with van der Waals surface area (Å²) in [6, 6.07) is 15.0. The van der Waals surface area contributed by atoms with Crippen LogP contribution in [0.2, 0.25) is 0 Å². The summed E-state index contributed by atoms with van der Waals surface area (Å²) >= 11 is 0. The van der Waals surface area contributed by atoms with Crippen LogP contribution in [-0.2, 0) is 16.3 Å². The summed E-state index contributed by atoms with van der Waals surface area (Å²) in [7, 11) is 0. The molecule has 0 atom stereocenters. The largest absolute Gasteiger partial charge is 0.423 e. The normalized spacial score (nSPS) is 9.89. The predicted octanol–water partition coefficient (Wildman–Crippen LogP) is 2.41. The second-order valence-electron chi connectivity index (χ2n) is 3.91. The number of ether oxygens (including phenoxy) is 1. The minimum absolute atomic E-state index is 0.237. The molecule has 2 rings (SSSR count). The van der Waals surface area contributed by atoms with Crippen molar-refractivity contribution in [3.8, 4) is 5.75 Å². The van der Waals surface area contributed by atoms with Crippen molar-refractivity contribution in [1.82, 2.24) is 0 Å². The smallest absolute Gasteiger partial charge is 0.360 e. The van der Waals surface area contributed by atoms with Gasteiger partial charge in [-0.25, -0.2) is 14.7 Å². The van der Waals surface area contributed by atoms with Gasteiger partial charge in [0.2, 0.25) is 0 Å². The molecule has 0 heterocycles. The SMILES string of the molecule is [O]C(=O)Cc1ccccc1OC(=O)c1ccccc1. The summed E-state index contributed by atoms with van der Waals surface area (Å²) in [5.74, 6) is -1.50. The fourth-order valence-corrected chi connectivity index (χ4v) is 1.64. The van der Waals surface area contributed by atoms with Gasteiger partial charge in [0, 0.05) is 5.56 Å². The van der Waals surface area contributed by atoms with Crippen LogP contribution in [0.4, 0.5) is 0 Å². The average molecular weight is 255 g/mol. The van der Waals surface area contributed by atoms with Crippen LogP contribution in [0.1, 0.15) is 15.9 Å². The zero-order valence-corrected chi connectivity index (χ0v) is 10.0. The van der Waals surface area contributed by atoms with Gasteiger partial charge in [-0.2, -0.15) is 0 Å². The molecule has 0 amide bonds. The van der Waals surface area contributed by atoms with E-state index in [1.165, 1.54) is 0 Å². The van der Waals surface area contributed by atoms with Gasteiger partial charge in [0.25, 0.3) is 0 Å². The fraction of sp³-hybridized carbons (Fsp3) is 0.0667. The highest BCUT2D eigenvalue weighted by Crippen LogP contribution is 2.20. The van der Waals surface area contributed by atoms with Crippen LogP contribution in [-0.4, -0.2) is 11.9 Å². The first-order valence-corrected chi connectivity index (χ1v) is 5.72. The molecule has 2 aromatic rings. The second kappa shape index (κ2) is 5.82. The third kappa shape index (κ3) is 3.42. The van der Waals surface area contributed by atoms with Crippen LogP contribution in [0.3, 0.4) is 0 Å². The molecule has 2 aromatic carbocycles. The van der Waals surface area contributed by atoms with E-state index < -0.39 is 11.9 Å². The van der Waals surface area contributed by atoms with E-state index in [0.717, 1.165) is 0 Å². The van der Waals surface area contributed by atoms with Crippen molar-refractivity contribution in [3.63, 3.8) is 0 Å². The minimum atomic E-state index is -1.22. The van der Waals surface area contributed by atoms with Crippen molar-refractivity contribution >= 4 is 11.9 Å². The van der Waals surface area contributed by atoms with Crippen molar-refractivity contribution < 1.29 is 19.4 Å². The van der Waals surface area contributed by atoms with Gasteiger partial charge in [-0.3, -0.25) is 0 Å². The molecule has 0 aromatic heterocycles. The Bertz CT molecular complexity index is 590. The Kier molecular flexibility index (Phi) is 3.93. The topological polar surface area (TPSA) is 63.3 Å². The second-order valence-corrected chi connectivity index (χ2v) is 3.91. The van der Waals surface area contributed by atoms with Crippen LogP contribution in [0.5, 0.6) is 5.75 Å². The number of hydrogen-bond acceptors (Lipinski definition) is 3. The Morgan fingerprint density at radius 2 is 1.53 bits per heavy atom. The number of benzene rings is 2. The standard InChI is InChI=1S/C15H11O4/c16-14(17)10-12-8-4-5-9-13(12)19-15(18)11-6-2-1-3-7-11/h1-9H,10H2. The average Bonchev–Trinajstić information content (AvgIpc) is 2.41. The summed E-state index contributed by atoms with van der Waals surface area (Å²) in [4.78, 5) is 22.5. The van der Waals surface area contributed by atoms with Crippen LogP contribution in [0.15, 0.2) is 54.6 Å². The van der Waals surface area contributed by atoms with Crippen LogP contribution >= 0.6 is 0 Å². The fourth-order valence-electron chi connectivity index (χ4n) is 1.64. The zero-order chi connectivity index (χ0) is 13.7. The van der Waals surface area contributed by atoms with Gasteiger partial charge < -0.3 is 4.74 Å². The number of carbonyl (C=O) groups is 2. The van der Waals surface area contributed by atoms with Crippen molar-refractivity contribution in [3.05, 3.63) is 65.7 Å². The highest BCUT2D eigenvalue weighted by Gasteiger charge is 2.13. The van der Waals surface area contributed by atoms with Crippen molar-refractivity contribution in [2.75, 3.05) is 0 Å². The lowest BCUT2D eigenvalue weighted by atomic mass is 10.1. The first-order valence-electron chi connectivity index (χ1n) is 5.72. The van der Waals surface area contributed by atoms with Crippen molar-refractivity contribution in [2.24, 2.45) is 0 Å². The number of hydrogen-bond donors (Lipinski definition) is 0. The van der Waals surface area contributed by atoms with E-state index in [2.05, 4.69) is 0 Å². The molecule has 0 N–H and O–H groups in total. The quantitative estimate of drug-likeness (QED) is 0.622. The van der Waals surface area contributed by atoms with Gasteiger partial charge in [-0.1, -0.05) is 36.4 Å². The van der Waals surface area contributed by atoms with E-state index in [0.29, 0.717) is 11.1 Å². The predicted molar refractivity (Wildman–Crippen MR) is 67.2 cm³/mol. The monoisotopic (exact) mass is 255 g/mol. The molecule has 0 saturated heterocycles. The number of rotatable bonds is 4. The molecule has 4 nitrogen and oxygen atoms in total. The number of para-hydroxylation sites is 1. The third-order valence-corrected chi connectivity index (χ3v) is 2.52. The summed E-state index contributed by atoms with van der Waals surface area (Å²) in [5, 5.41) is 10.6. The van der Waals surface area contributed by atoms with Gasteiger partial charge in [-0.15, -0.1) is 0 Å². The maximum absolute atomic E-state index is 11.9. The lowest BCUT2D eigenvalue weighted by molar-refractivity contribution is -0.142. The molecule has 1 radical (unpaired) electrons. The number of esters is 1. The Hall–Kier alpha value is -2.62. The molecule has 95 valence electrons. The van der Waals surface area contributed by atoms with E-state index in [4.69, 9.17) is 4.74 Å². The third-order valence-electron chi connectivity index (χ3n) is 2.52. The first-order chi connectivity index (χ1) is 9.16. The lowest BCUT2D eigenvalue weighted by Crippen LogP contribution is -2.10. The molecular weight excluding hydrogens is 244 g/mol. The van der Waals surface area contributed by atoms with Gasteiger partial charge in [0.05, 0.1) is 12.0 Å². The molecule has 0 saturated carbocycles. The van der Waals surface area contributed by atoms with E-state index in [9.17, 15) is 14.7 Å². The van der Waals surface area contributed by atoms with E-state index in [1.807, 2.05) is 0 Å². The van der Waals surface area contributed by atoms with Crippen LogP contribution in [0.25, 0.3) is 0 Å². The molecule has 0 aliphatic rings. The summed E-state index contributed by atoms with van der Waals surface area (Å²) in [6.45, 7) is 0. The van der Waals surface area contributed by atoms with Gasteiger partial charge in [0.1, 0.15) is 5.75 Å². The van der Waals surface area contributed by atoms with Crippen molar-refractivity contribution in [1.29, 1.82) is 0 Å². The summed E-state index contributed by atoms with van der Waals surface area (Å²) in [6.07, 6.45) is -0.293. The zero-order valence-electron chi connectivity index (χ0n) is 10.0. The minimum Gasteiger partial charge on any atom is -0.423 e. The Morgan fingerprint density at radius 1 is 0.895 bits per heavy atom. The van der Waals surface area contributed by atoms with Crippen molar-refractivity contribution in [2.45, 2.75) is 6.42 Å². The van der Waals surface area contributed by atoms with Gasteiger partial charge in [-0.05, 0) is 18.2 Å². The van der Waals surface area contributed by atoms with Gasteiger partial charge >= 0.3 is 11.9 Å². The van der Waals surface area contributed by atoms with Crippen LogP contribution < -0.4 is 4.74 Å². The Labute approximate surface area is 110 Å². The number of carbonyl (C=O) groups excluding carboxylic acids is 2. The molecular formula is C15H11O4. The lowest BCUT2D eigenvalue weighted by Gasteiger charge is -2.08. The van der Waals surface area contributed by atoms with Gasteiger partial charge in [0.15, 0.2) is 0 Å². The molecule has 0 aliphatic carbocycles. The highest BCUT2D eigenvalue weighted by atomic mass is 16.5. The summed E-state index contributed by atoms with van der Waals surface area (Å²) in [5.41, 5.74) is 0.817. The van der Waals surface area contributed by atoms with Crippen LogP contribution in [0, 0.1) is 0 Å². The molecule has 19 heavy (non-hydrogen) atoms.